The molecule has 0 bridgehead atoms. The molecule has 0 aliphatic rings. The number of hydrogen-bond acceptors (Lipinski definition) is 3. The summed E-state index contributed by atoms with van der Waals surface area (Å²) in [5, 5.41) is 2.73. The standard InChI is InChI=1S/C11H17N3O/c12-5-6-14-11(15)7-9-3-1-2-4-10(9)8-13/h1-4H,5-8,12-13H2,(H,14,15). The predicted octanol–water partition coefficient (Wildman–Crippen LogP) is -0.237. The molecule has 0 aliphatic carbocycles. The SMILES string of the molecule is NCCNC(=O)Cc1ccccc1CN. The molecule has 1 rings (SSSR count). The molecule has 0 aromatic heterocycles. The Morgan fingerprint density at radius 3 is 2.47 bits per heavy atom. The lowest BCUT2D eigenvalue weighted by atomic mass is 10.0. The first kappa shape index (κ1) is 11.7. The van der Waals surface area contributed by atoms with Crippen LogP contribution in [0.5, 0.6) is 0 Å². The Kier molecular flexibility index (Phi) is 4.80. The molecular formula is C11H17N3O. The fourth-order valence-corrected chi connectivity index (χ4v) is 1.38. The van der Waals surface area contributed by atoms with Gasteiger partial charge in [0, 0.05) is 19.6 Å². The molecule has 1 amide bonds. The van der Waals surface area contributed by atoms with Crippen LogP contribution >= 0.6 is 0 Å². The molecule has 82 valence electrons. The fourth-order valence-electron chi connectivity index (χ4n) is 1.38. The van der Waals surface area contributed by atoms with Gasteiger partial charge in [-0.05, 0) is 11.1 Å². The molecule has 0 saturated heterocycles. The molecule has 0 fully saturated rings. The number of nitrogens with one attached hydrogen (secondary N) is 1. The maximum Gasteiger partial charge on any atom is 0.224 e. The molecule has 1 aromatic rings. The number of nitrogens with two attached hydrogens (primary N) is 2. The predicted molar refractivity (Wildman–Crippen MR) is 60.1 cm³/mol. The smallest absolute Gasteiger partial charge is 0.224 e. The zero-order chi connectivity index (χ0) is 11.1. The van der Waals surface area contributed by atoms with Crippen molar-refractivity contribution < 1.29 is 4.79 Å². The molecule has 15 heavy (non-hydrogen) atoms. The highest BCUT2D eigenvalue weighted by Gasteiger charge is 2.05. The monoisotopic (exact) mass is 207 g/mol. The first-order valence-electron chi connectivity index (χ1n) is 5.01. The van der Waals surface area contributed by atoms with Crippen LogP contribution in [0.1, 0.15) is 11.1 Å². The first-order chi connectivity index (χ1) is 7.27. The summed E-state index contributed by atoms with van der Waals surface area (Å²) >= 11 is 0. The fraction of sp³-hybridized carbons (Fsp3) is 0.364. The summed E-state index contributed by atoms with van der Waals surface area (Å²) in [7, 11) is 0. The third kappa shape index (κ3) is 3.69. The van der Waals surface area contributed by atoms with Crippen molar-refractivity contribution in [3.05, 3.63) is 35.4 Å². The average molecular weight is 207 g/mol. The molecular weight excluding hydrogens is 190 g/mol. The third-order valence-electron chi connectivity index (χ3n) is 2.16. The van der Waals surface area contributed by atoms with Gasteiger partial charge in [-0.25, -0.2) is 0 Å². The van der Waals surface area contributed by atoms with E-state index in [1.807, 2.05) is 24.3 Å². The van der Waals surface area contributed by atoms with Crippen LogP contribution in [0, 0.1) is 0 Å². The van der Waals surface area contributed by atoms with Crippen molar-refractivity contribution in [2.75, 3.05) is 13.1 Å². The summed E-state index contributed by atoms with van der Waals surface area (Å²) in [6.07, 6.45) is 0.368. The van der Waals surface area contributed by atoms with Crippen LogP contribution in [-0.4, -0.2) is 19.0 Å². The summed E-state index contributed by atoms with van der Waals surface area (Å²) in [6.45, 7) is 1.44. The van der Waals surface area contributed by atoms with E-state index in [2.05, 4.69) is 5.32 Å². The van der Waals surface area contributed by atoms with Gasteiger partial charge in [0.15, 0.2) is 0 Å². The Balaban J connectivity index is 2.59. The van der Waals surface area contributed by atoms with E-state index < -0.39 is 0 Å². The van der Waals surface area contributed by atoms with Crippen molar-refractivity contribution in [1.82, 2.24) is 5.32 Å². The van der Waals surface area contributed by atoms with E-state index in [-0.39, 0.29) is 5.91 Å². The van der Waals surface area contributed by atoms with Gasteiger partial charge < -0.3 is 16.8 Å². The zero-order valence-corrected chi connectivity index (χ0v) is 8.70. The minimum atomic E-state index is -0.0126. The second-order valence-electron chi connectivity index (χ2n) is 3.29. The summed E-state index contributed by atoms with van der Waals surface area (Å²) in [5.74, 6) is -0.0126. The van der Waals surface area contributed by atoms with Gasteiger partial charge in [0.1, 0.15) is 0 Å². The highest BCUT2D eigenvalue weighted by molar-refractivity contribution is 5.78. The molecule has 0 unspecified atom stereocenters. The number of amides is 1. The topological polar surface area (TPSA) is 81.1 Å². The van der Waals surface area contributed by atoms with E-state index in [1.165, 1.54) is 0 Å². The van der Waals surface area contributed by atoms with E-state index in [9.17, 15) is 4.79 Å². The number of hydrogen-bond donors (Lipinski definition) is 3. The van der Waals surface area contributed by atoms with Crippen molar-refractivity contribution in [3.8, 4) is 0 Å². The second-order valence-corrected chi connectivity index (χ2v) is 3.29. The van der Waals surface area contributed by atoms with Crippen LogP contribution in [0.3, 0.4) is 0 Å². The van der Waals surface area contributed by atoms with Crippen LogP contribution in [0.25, 0.3) is 0 Å². The molecule has 0 saturated carbocycles. The maximum atomic E-state index is 11.4. The summed E-state index contributed by atoms with van der Waals surface area (Å²) in [6, 6.07) is 7.68. The van der Waals surface area contributed by atoms with Gasteiger partial charge >= 0.3 is 0 Å². The number of benzene rings is 1. The van der Waals surface area contributed by atoms with Crippen molar-refractivity contribution in [2.24, 2.45) is 11.5 Å². The van der Waals surface area contributed by atoms with Crippen LogP contribution in [0.15, 0.2) is 24.3 Å². The van der Waals surface area contributed by atoms with Gasteiger partial charge in [0.05, 0.1) is 6.42 Å². The molecule has 0 radical (unpaired) electrons. The Labute approximate surface area is 89.6 Å². The Hall–Kier alpha value is -1.39. The largest absolute Gasteiger partial charge is 0.355 e. The van der Waals surface area contributed by atoms with Gasteiger partial charge in [-0.2, -0.15) is 0 Å². The van der Waals surface area contributed by atoms with Gasteiger partial charge in [-0.15, -0.1) is 0 Å². The lowest BCUT2D eigenvalue weighted by Crippen LogP contribution is -2.30. The van der Waals surface area contributed by atoms with Crippen molar-refractivity contribution >= 4 is 5.91 Å². The van der Waals surface area contributed by atoms with E-state index in [0.29, 0.717) is 26.1 Å². The molecule has 5 N–H and O–H groups in total. The average Bonchev–Trinajstić information content (AvgIpc) is 2.27. The lowest BCUT2D eigenvalue weighted by molar-refractivity contribution is -0.120. The quantitative estimate of drug-likeness (QED) is 0.623. The number of rotatable bonds is 5. The highest BCUT2D eigenvalue weighted by Crippen LogP contribution is 2.08. The van der Waals surface area contributed by atoms with E-state index in [0.717, 1.165) is 11.1 Å². The normalized spacial score (nSPS) is 10.0. The summed E-state index contributed by atoms with van der Waals surface area (Å²) in [5.41, 5.74) is 12.9. The van der Waals surface area contributed by atoms with Crippen molar-refractivity contribution in [3.63, 3.8) is 0 Å². The Morgan fingerprint density at radius 2 is 1.87 bits per heavy atom. The minimum Gasteiger partial charge on any atom is -0.355 e. The molecule has 4 nitrogen and oxygen atoms in total. The Bertz CT molecular complexity index is 325. The van der Waals surface area contributed by atoms with Crippen LogP contribution < -0.4 is 16.8 Å². The highest BCUT2D eigenvalue weighted by atomic mass is 16.1. The number of carbonyl (C=O) groups excluding carboxylic acids is 1. The number of carbonyl (C=O) groups is 1. The molecule has 0 heterocycles. The van der Waals surface area contributed by atoms with Gasteiger partial charge in [0.2, 0.25) is 5.91 Å². The molecule has 0 atom stereocenters. The van der Waals surface area contributed by atoms with E-state index >= 15 is 0 Å². The van der Waals surface area contributed by atoms with Gasteiger partial charge in [-0.1, -0.05) is 24.3 Å². The van der Waals surface area contributed by atoms with Crippen molar-refractivity contribution in [2.45, 2.75) is 13.0 Å². The molecule has 0 aliphatic heterocycles. The van der Waals surface area contributed by atoms with Crippen LogP contribution in [-0.2, 0) is 17.8 Å². The molecule has 0 spiro atoms. The molecule has 4 heteroatoms. The summed E-state index contributed by atoms with van der Waals surface area (Å²) in [4.78, 5) is 11.4. The summed E-state index contributed by atoms with van der Waals surface area (Å²) < 4.78 is 0. The second kappa shape index (κ2) is 6.16. The molecule has 1 aromatic carbocycles. The Morgan fingerprint density at radius 1 is 1.20 bits per heavy atom. The van der Waals surface area contributed by atoms with Crippen LogP contribution in [0.2, 0.25) is 0 Å². The first-order valence-corrected chi connectivity index (χ1v) is 5.01. The lowest BCUT2D eigenvalue weighted by Gasteiger charge is -2.07. The minimum absolute atomic E-state index is 0.0126. The van der Waals surface area contributed by atoms with E-state index in [4.69, 9.17) is 11.5 Å². The van der Waals surface area contributed by atoms with Gasteiger partial charge in [-0.3, -0.25) is 4.79 Å². The van der Waals surface area contributed by atoms with E-state index in [1.54, 1.807) is 0 Å². The van der Waals surface area contributed by atoms with Crippen LogP contribution in [0.4, 0.5) is 0 Å². The maximum absolute atomic E-state index is 11.4. The van der Waals surface area contributed by atoms with Crippen molar-refractivity contribution in [1.29, 1.82) is 0 Å². The van der Waals surface area contributed by atoms with Gasteiger partial charge in [0.25, 0.3) is 0 Å². The zero-order valence-electron chi connectivity index (χ0n) is 8.70. The third-order valence-corrected chi connectivity index (χ3v) is 2.16.